The van der Waals surface area contributed by atoms with Crippen LogP contribution in [0, 0.1) is 0 Å². The van der Waals surface area contributed by atoms with E-state index in [0.717, 1.165) is 25.2 Å². The molecule has 2 aromatic rings. The second-order valence-electron chi connectivity index (χ2n) is 4.68. The van der Waals surface area contributed by atoms with Crippen molar-refractivity contribution in [2.75, 3.05) is 13.1 Å². The summed E-state index contributed by atoms with van der Waals surface area (Å²) in [4.78, 5) is 16.0. The molecule has 1 unspecified atom stereocenters. The van der Waals surface area contributed by atoms with E-state index in [0.29, 0.717) is 5.56 Å². The predicted octanol–water partition coefficient (Wildman–Crippen LogP) is 0.964. The summed E-state index contributed by atoms with van der Waals surface area (Å²) in [6.45, 7) is 1.84. The third-order valence-electron chi connectivity index (χ3n) is 3.33. The minimum Gasteiger partial charge on any atom is -0.348 e. The number of nitrogens with one attached hydrogen (secondary N) is 2. The summed E-state index contributed by atoms with van der Waals surface area (Å²) in [6.07, 6.45) is 6.34. The Bertz CT molecular complexity index is 541. The standard InChI is InChI=1S/C14H16N4O/c19-14(17-12-5-6-15-9-12)11-1-3-13(4-2-11)18-8-7-16-10-18/h1-4,7-8,10,12,15H,5-6,9H2,(H,17,19). The molecule has 5 nitrogen and oxygen atoms in total. The van der Waals surface area contributed by atoms with Crippen LogP contribution in [-0.4, -0.2) is 34.6 Å². The van der Waals surface area contributed by atoms with Crippen molar-refractivity contribution in [3.63, 3.8) is 0 Å². The number of rotatable bonds is 3. The lowest BCUT2D eigenvalue weighted by Crippen LogP contribution is -2.36. The van der Waals surface area contributed by atoms with E-state index >= 15 is 0 Å². The Morgan fingerprint density at radius 3 is 2.84 bits per heavy atom. The lowest BCUT2D eigenvalue weighted by molar-refractivity contribution is 0.0940. The molecule has 0 radical (unpaired) electrons. The van der Waals surface area contributed by atoms with Crippen LogP contribution in [0.5, 0.6) is 0 Å². The largest absolute Gasteiger partial charge is 0.348 e. The third-order valence-corrected chi connectivity index (χ3v) is 3.33. The summed E-state index contributed by atoms with van der Waals surface area (Å²) in [5, 5.41) is 6.26. The SMILES string of the molecule is O=C(NC1CCNC1)c1ccc(-n2ccnc2)cc1. The highest BCUT2D eigenvalue weighted by Gasteiger charge is 2.17. The molecule has 3 rings (SSSR count). The van der Waals surface area contributed by atoms with Gasteiger partial charge in [-0.3, -0.25) is 4.79 Å². The molecule has 0 bridgehead atoms. The molecular formula is C14H16N4O. The molecule has 0 spiro atoms. The van der Waals surface area contributed by atoms with Crippen LogP contribution in [-0.2, 0) is 0 Å². The van der Waals surface area contributed by atoms with Crippen molar-refractivity contribution in [3.05, 3.63) is 48.5 Å². The Balaban J connectivity index is 1.69. The van der Waals surface area contributed by atoms with E-state index in [4.69, 9.17) is 0 Å². The first kappa shape index (κ1) is 11.9. The van der Waals surface area contributed by atoms with E-state index in [-0.39, 0.29) is 11.9 Å². The van der Waals surface area contributed by atoms with Crippen LogP contribution in [0.2, 0.25) is 0 Å². The van der Waals surface area contributed by atoms with Crippen LogP contribution in [0.4, 0.5) is 0 Å². The molecule has 1 amide bonds. The van der Waals surface area contributed by atoms with Gasteiger partial charge in [0.05, 0.1) is 6.33 Å². The zero-order valence-electron chi connectivity index (χ0n) is 10.5. The Labute approximate surface area is 111 Å². The molecule has 98 valence electrons. The summed E-state index contributed by atoms with van der Waals surface area (Å²) in [7, 11) is 0. The summed E-state index contributed by atoms with van der Waals surface area (Å²) >= 11 is 0. The normalized spacial score (nSPS) is 18.4. The van der Waals surface area contributed by atoms with Crippen molar-refractivity contribution in [1.29, 1.82) is 0 Å². The Morgan fingerprint density at radius 1 is 1.37 bits per heavy atom. The average molecular weight is 256 g/mol. The molecule has 1 aromatic carbocycles. The van der Waals surface area contributed by atoms with Gasteiger partial charge in [0.15, 0.2) is 0 Å². The van der Waals surface area contributed by atoms with Gasteiger partial charge in [0.2, 0.25) is 0 Å². The smallest absolute Gasteiger partial charge is 0.251 e. The first-order chi connectivity index (χ1) is 9.33. The highest BCUT2D eigenvalue weighted by Crippen LogP contribution is 2.10. The first-order valence-electron chi connectivity index (χ1n) is 6.43. The number of hydrogen-bond donors (Lipinski definition) is 2. The molecule has 1 aliphatic heterocycles. The first-order valence-corrected chi connectivity index (χ1v) is 6.43. The minimum absolute atomic E-state index is 0.00844. The zero-order chi connectivity index (χ0) is 13.1. The van der Waals surface area contributed by atoms with Gasteiger partial charge in [-0.15, -0.1) is 0 Å². The molecule has 0 aliphatic carbocycles. The van der Waals surface area contributed by atoms with Gasteiger partial charge < -0.3 is 15.2 Å². The monoisotopic (exact) mass is 256 g/mol. The van der Waals surface area contributed by atoms with Crippen molar-refractivity contribution in [2.24, 2.45) is 0 Å². The van der Waals surface area contributed by atoms with Crippen molar-refractivity contribution >= 4 is 5.91 Å². The summed E-state index contributed by atoms with van der Waals surface area (Å²) < 4.78 is 1.91. The number of imidazole rings is 1. The number of hydrogen-bond acceptors (Lipinski definition) is 3. The fourth-order valence-electron chi connectivity index (χ4n) is 2.24. The lowest BCUT2D eigenvalue weighted by Gasteiger charge is -2.11. The third kappa shape index (κ3) is 2.66. The van der Waals surface area contributed by atoms with E-state index < -0.39 is 0 Å². The van der Waals surface area contributed by atoms with Crippen LogP contribution < -0.4 is 10.6 Å². The summed E-state index contributed by atoms with van der Waals surface area (Å²) in [5.41, 5.74) is 1.69. The molecule has 1 aliphatic rings. The Morgan fingerprint density at radius 2 is 2.21 bits per heavy atom. The van der Waals surface area contributed by atoms with E-state index in [1.165, 1.54) is 0 Å². The van der Waals surface area contributed by atoms with E-state index in [9.17, 15) is 4.79 Å². The molecular weight excluding hydrogens is 240 g/mol. The number of benzene rings is 1. The van der Waals surface area contributed by atoms with Gasteiger partial charge >= 0.3 is 0 Å². The highest BCUT2D eigenvalue weighted by molar-refractivity contribution is 5.94. The van der Waals surface area contributed by atoms with Crippen LogP contribution in [0.25, 0.3) is 5.69 Å². The summed E-state index contributed by atoms with van der Waals surface area (Å²) in [6, 6.07) is 7.77. The molecule has 1 saturated heterocycles. The maximum Gasteiger partial charge on any atom is 0.251 e. The Hall–Kier alpha value is -2.14. The fraction of sp³-hybridized carbons (Fsp3) is 0.286. The second kappa shape index (κ2) is 5.24. The molecule has 0 saturated carbocycles. The van der Waals surface area contributed by atoms with Gasteiger partial charge in [-0.05, 0) is 37.2 Å². The van der Waals surface area contributed by atoms with Crippen molar-refractivity contribution in [3.8, 4) is 5.69 Å². The zero-order valence-corrected chi connectivity index (χ0v) is 10.5. The molecule has 2 N–H and O–H groups in total. The van der Waals surface area contributed by atoms with Crippen molar-refractivity contribution < 1.29 is 4.79 Å². The van der Waals surface area contributed by atoms with Gasteiger partial charge in [0, 0.05) is 36.2 Å². The molecule has 1 fully saturated rings. The van der Waals surface area contributed by atoms with E-state index in [1.807, 2.05) is 35.0 Å². The van der Waals surface area contributed by atoms with Gasteiger partial charge in [0.25, 0.3) is 5.91 Å². The van der Waals surface area contributed by atoms with Crippen LogP contribution in [0.15, 0.2) is 43.0 Å². The van der Waals surface area contributed by atoms with Crippen molar-refractivity contribution in [1.82, 2.24) is 20.2 Å². The number of nitrogens with zero attached hydrogens (tertiary/aromatic N) is 2. The predicted molar refractivity (Wildman–Crippen MR) is 72.3 cm³/mol. The highest BCUT2D eigenvalue weighted by atomic mass is 16.1. The second-order valence-corrected chi connectivity index (χ2v) is 4.68. The van der Waals surface area contributed by atoms with Crippen molar-refractivity contribution in [2.45, 2.75) is 12.5 Å². The van der Waals surface area contributed by atoms with E-state index in [1.54, 1.807) is 12.5 Å². The Kier molecular flexibility index (Phi) is 3.29. The minimum atomic E-state index is -0.00844. The average Bonchev–Trinajstić information content (AvgIpc) is 3.12. The topological polar surface area (TPSA) is 59.0 Å². The molecule has 1 aromatic heterocycles. The van der Waals surface area contributed by atoms with E-state index in [2.05, 4.69) is 15.6 Å². The lowest BCUT2D eigenvalue weighted by atomic mass is 10.1. The molecule has 1 atom stereocenters. The number of amides is 1. The maximum absolute atomic E-state index is 12.0. The van der Waals surface area contributed by atoms with Gasteiger partial charge in [-0.2, -0.15) is 0 Å². The molecule has 5 heteroatoms. The number of aromatic nitrogens is 2. The quantitative estimate of drug-likeness (QED) is 0.860. The van der Waals surface area contributed by atoms with Gasteiger partial charge in [-0.1, -0.05) is 0 Å². The number of carbonyl (C=O) groups is 1. The van der Waals surface area contributed by atoms with Crippen LogP contribution in [0.1, 0.15) is 16.8 Å². The number of carbonyl (C=O) groups excluding carboxylic acids is 1. The van der Waals surface area contributed by atoms with Gasteiger partial charge in [0.1, 0.15) is 0 Å². The fourth-order valence-corrected chi connectivity index (χ4v) is 2.24. The molecule has 19 heavy (non-hydrogen) atoms. The van der Waals surface area contributed by atoms with Gasteiger partial charge in [-0.25, -0.2) is 4.98 Å². The van der Waals surface area contributed by atoms with Crippen LogP contribution >= 0.6 is 0 Å². The molecule has 2 heterocycles. The summed E-state index contributed by atoms with van der Waals surface area (Å²) in [5.74, 6) is -0.00844. The maximum atomic E-state index is 12.0. The van der Waals surface area contributed by atoms with Crippen LogP contribution in [0.3, 0.4) is 0 Å².